The highest BCUT2D eigenvalue weighted by atomic mass is 32.2. The molecule has 0 aromatic heterocycles. The van der Waals surface area contributed by atoms with Crippen LogP contribution in [0.3, 0.4) is 0 Å². The van der Waals surface area contributed by atoms with Gasteiger partial charge in [0.05, 0.1) is 0 Å². The number of nitrogens with one attached hydrogen (secondary N) is 3. The van der Waals surface area contributed by atoms with Crippen LogP contribution >= 0.6 is 0 Å². The molecule has 2 aromatic rings. The normalized spacial score (nSPS) is 12.4. The van der Waals surface area contributed by atoms with E-state index in [-0.39, 0.29) is 12.5 Å². The van der Waals surface area contributed by atoms with Gasteiger partial charge in [-0.05, 0) is 36.2 Å². The van der Waals surface area contributed by atoms with Crippen LogP contribution in [0, 0.1) is 11.7 Å². The number of amides is 2. The second-order valence-electron chi connectivity index (χ2n) is 6.82. The van der Waals surface area contributed by atoms with Gasteiger partial charge in [-0.2, -0.15) is 4.72 Å². The number of ether oxygens (including phenoxy) is 1. The van der Waals surface area contributed by atoms with E-state index in [1.165, 1.54) is 25.3 Å². The van der Waals surface area contributed by atoms with Crippen LogP contribution in [0.2, 0.25) is 0 Å². The Labute approximate surface area is 174 Å². The molecule has 10 heteroatoms. The first-order valence-electron chi connectivity index (χ1n) is 9.10. The molecule has 0 bridgehead atoms. The Morgan fingerprint density at radius 3 is 2.27 bits per heavy atom. The number of carbonyl (C=O) groups excluding carboxylic acids is 2. The Bertz CT molecular complexity index is 1010. The first kappa shape index (κ1) is 23.5. The van der Waals surface area contributed by atoms with Gasteiger partial charge < -0.3 is 15.4 Å². The maximum Gasteiger partial charge on any atom is 0.250 e. The van der Waals surface area contributed by atoms with Gasteiger partial charge in [0.1, 0.15) is 23.4 Å². The summed E-state index contributed by atoms with van der Waals surface area (Å²) in [6, 6.07) is 10.1. The van der Waals surface area contributed by atoms with E-state index in [9.17, 15) is 22.4 Å². The third-order valence-electron chi connectivity index (χ3n) is 4.05. The Hall–Kier alpha value is -2.82. The lowest BCUT2D eigenvalue weighted by molar-refractivity contribution is -0.120. The van der Waals surface area contributed by atoms with Gasteiger partial charge in [-0.3, -0.25) is 9.59 Å². The summed E-state index contributed by atoms with van der Waals surface area (Å²) in [6.07, 6.45) is 0. The second kappa shape index (κ2) is 10.3. The van der Waals surface area contributed by atoms with Crippen LogP contribution in [-0.4, -0.2) is 40.0 Å². The van der Waals surface area contributed by atoms with Crippen molar-refractivity contribution in [2.45, 2.75) is 24.8 Å². The molecule has 3 N–H and O–H groups in total. The molecule has 30 heavy (non-hydrogen) atoms. The summed E-state index contributed by atoms with van der Waals surface area (Å²) in [5.41, 5.74) is 0.786. The average molecular weight is 437 g/mol. The maximum absolute atomic E-state index is 13.9. The fourth-order valence-electron chi connectivity index (χ4n) is 2.61. The van der Waals surface area contributed by atoms with Crippen molar-refractivity contribution < 1.29 is 27.1 Å². The highest BCUT2D eigenvalue weighted by Crippen LogP contribution is 2.18. The molecule has 1 atom stereocenters. The van der Waals surface area contributed by atoms with Crippen molar-refractivity contribution in [3.63, 3.8) is 0 Å². The van der Waals surface area contributed by atoms with Crippen molar-refractivity contribution in [2.24, 2.45) is 5.92 Å². The molecule has 0 aliphatic heterocycles. The Morgan fingerprint density at radius 2 is 1.67 bits per heavy atom. The van der Waals surface area contributed by atoms with Crippen LogP contribution in [0.15, 0.2) is 53.4 Å². The lowest BCUT2D eigenvalue weighted by Gasteiger charge is -2.22. The summed E-state index contributed by atoms with van der Waals surface area (Å²) < 4.78 is 46.1. The van der Waals surface area contributed by atoms with Crippen molar-refractivity contribution in [1.29, 1.82) is 0 Å². The van der Waals surface area contributed by atoms with E-state index in [1.807, 2.05) is 0 Å². The van der Waals surface area contributed by atoms with E-state index >= 15 is 0 Å². The molecule has 2 aromatic carbocycles. The number of hydrogen-bond acceptors (Lipinski definition) is 5. The average Bonchev–Trinajstić information content (AvgIpc) is 2.66. The highest BCUT2D eigenvalue weighted by Gasteiger charge is 2.30. The van der Waals surface area contributed by atoms with Gasteiger partial charge in [0.2, 0.25) is 21.8 Å². The van der Waals surface area contributed by atoms with Crippen molar-refractivity contribution >= 4 is 33.2 Å². The molecular formula is C20H24FN3O5S. The van der Waals surface area contributed by atoms with E-state index in [4.69, 9.17) is 4.74 Å². The highest BCUT2D eigenvalue weighted by molar-refractivity contribution is 7.89. The molecule has 8 nitrogen and oxygen atoms in total. The summed E-state index contributed by atoms with van der Waals surface area (Å²) in [5, 5.41) is 5.22. The zero-order valence-electron chi connectivity index (χ0n) is 16.8. The van der Waals surface area contributed by atoms with Crippen LogP contribution in [0.5, 0.6) is 0 Å². The number of halogens is 1. The van der Waals surface area contributed by atoms with E-state index in [2.05, 4.69) is 15.4 Å². The molecule has 0 saturated heterocycles. The molecule has 2 amide bonds. The molecule has 0 unspecified atom stereocenters. The second-order valence-corrected chi connectivity index (χ2v) is 8.51. The molecule has 162 valence electrons. The van der Waals surface area contributed by atoms with E-state index in [1.54, 1.807) is 32.0 Å². The smallest absolute Gasteiger partial charge is 0.250 e. The van der Waals surface area contributed by atoms with Crippen LogP contribution in [0.25, 0.3) is 0 Å². The van der Waals surface area contributed by atoms with E-state index in [0.29, 0.717) is 11.4 Å². The van der Waals surface area contributed by atoms with Gasteiger partial charge in [-0.25, -0.2) is 12.8 Å². The van der Waals surface area contributed by atoms with E-state index < -0.39 is 38.6 Å². The predicted molar refractivity (Wildman–Crippen MR) is 111 cm³/mol. The molecule has 0 aliphatic carbocycles. The first-order valence-corrected chi connectivity index (χ1v) is 10.6. The van der Waals surface area contributed by atoms with Crippen LogP contribution < -0.4 is 15.4 Å². The largest absolute Gasteiger partial charge is 0.375 e. The van der Waals surface area contributed by atoms with Gasteiger partial charge in [0.25, 0.3) is 0 Å². The number of rotatable bonds is 9. The number of benzene rings is 2. The summed E-state index contributed by atoms with van der Waals surface area (Å²) in [7, 11) is -2.87. The molecular weight excluding hydrogens is 413 g/mol. The quantitative estimate of drug-likeness (QED) is 0.557. The maximum atomic E-state index is 13.9. The number of anilines is 2. The lowest BCUT2D eigenvalue weighted by atomic mass is 10.0. The van der Waals surface area contributed by atoms with Crippen LogP contribution in [-0.2, 0) is 24.3 Å². The molecule has 0 radical (unpaired) electrons. The van der Waals surface area contributed by atoms with Crippen molar-refractivity contribution in [2.75, 3.05) is 24.4 Å². The minimum Gasteiger partial charge on any atom is -0.375 e. The van der Waals surface area contributed by atoms with Crippen LogP contribution in [0.4, 0.5) is 15.8 Å². The minimum atomic E-state index is -4.26. The third-order valence-corrected chi connectivity index (χ3v) is 5.52. The molecule has 0 saturated carbocycles. The van der Waals surface area contributed by atoms with Crippen molar-refractivity contribution in [3.8, 4) is 0 Å². The molecule has 0 spiro atoms. The minimum absolute atomic E-state index is 0.121. The van der Waals surface area contributed by atoms with E-state index in [0.717, 1.165) is 12.1 Å². The zero-order valence-corrected chi connectivity index (χ0v) is 17.6. The fourth-order valence-corrected chi connectivity index (χ4v) is 4.03. The summed E-state index contributed by atoms with van der Waals surface area (Å²) in [6.45, 7) is 3.20. The summed E-state index contributed by atoms with van der Waals surface area (Å²) in [5.74, 6) is -2.31. The number of methoxy groups -OCH3 is 1. The predicted octanol–water partition coefficient (Wildman–Crippen LogP) is 2.35. The summed E-state index contributed by atoms with van der Waals surface area (Å²) >= 11 is 0. The monoisotopic (exact) mass is 437 g/mol. The molecule has 2 rings (SSSR count). The van der Waals surface area contributed by atoms with Gasteiger partial charge >= 0.3 is 0 Å². The zero-order chi connectivity index (χ0) is 22.3. The Balaban J connectivity index is 2.17. The Morgan fingerprint density at radius 1 is 1.03 bits per heavy atom. The number of carbonyl (C=O) groups is 2. The number of hydrogen-bond donors (Lipinski definition) is 3. The Kier molecular flexibility index (Phi) is 8.04. The first-order chi connectivity index (χ1) is 14.1. The molecule has 0 heterocycles. The standard InChI is InChI=1S/C20H24FN3O5S/c1-13(2)19(24-30(27,28)17-10-5-4-9-16(17)21)20(26)23-15-8-6-7-14(11-15)22-18(25)12-29-3/h4-11,13,19,24H,12H2,1-3H3,(H,22,25)(H,23,26)/t19-/m0/s1. The summed E-state index contributed by atoms with van der Waals surface area (Å²) in [4.78, 5) is 23.8. The number of sulfonamides is 1. The fraction of sp³-hybridized carbons (Fsp3) is 0.300. The van der Waals surface area contributed by atoms with Gasteiger partial charge in [0.15, 0.2) is 0 Å². The van der Waals surface area contributed by atoms with Crippen molar-refractivity contribution in [1.82, 2.24) is 4.72 Å². The molecule has 0 aliphatic rings. The van der Waals surface area contributed by atoms with Crippen molar-refractivity contribution in [3.05, 3.63) is 54.3 Å². The third kappa shape index (κ3) is 6.34. The van der Waals surface area contributed by atoms with Gasteiger partial charge in [0, 0.05) is 18.5 Å². The lowest BCUT2D eigenvalue weighted by Crippen LogP contribution is -2.47. The van der Waals surface area contributed by atoms with Gasteiger partial charge in [-0.1, -0.05) is 32.0 Å². The SMILES string of the molecule is COCC(=O)Nc1cccc(NC(=O)[C@@H](NS(=O)(=O)c2ccccc2F)C(C)C)c1. The topological polar surface area (TPSA) is 114 Å². The van der Waals surface area contributed by atoms with Gasteiger partial charge in [-0.15, -0.1) is 0 Å². The van der Waals surface area contributed by atoms with Crippen LogP contribution in [0.1, 0.15) is 13.8 Å². The molecule has 0 fully saturated rings.